The minimum Gasteiger partial charge on any atom is -0.324 e. The average molecular weight is 328 g/mol. The average Bonchev–Trinajstić information content (AvgIpc) is 2.85. The molecule has 0 fully saturated rings. The molecule has 1 aromatic carbocycles. The van der Waals surface area contributed by atoms with Gasteiger partial charge in [0.2, 0.25) is 5.96 Å². The van der Waals surface area contributed by atoms with Crippen molar-refractivity contribution in [2.45, 2.75) is 46.0 Å². The van der Waals surface area contributed by atoms with Gasteiger partial charge in [-0.25, -0.2) is 0 Å². The summed E-state index contributed by atoms with van der Waals surface area (Å²) >= 11 is 1.61. The highest BCUT2D eigenvalue weighted by molar-refractivity contribution is 8.02. The van der Waals surface area contributed by atoms with Crippen LogP contribution in [0.4, 0.5) is 0 Å². The van der Waals surface area contributed by atoms with Crippen molar-refractivity contribution in [3.63, 3.8) is 0 Å². The summed E-state index contributed by atoms with van der Waals surface area (Å²) in [6.07, 6.45) is 5.65. The number of allylic oxidation sites excluding steroid dienone is 1. The van der Waals surface area contributed by atoms with E-state index in [1.54, 1.807) is 11.9 Å². The Morgan fingerprint density at radius 3 is 2.78 bits per heavy atom. The summed E-state index contributed by atoms with van der Waals surface area (Å²) in [7, 11) is 0. The molecule has 23 heavy (non-hydrogen) atoms. The normalized spacial score (nSPS) is 20.6. The van der Waals surface area contributed by atoms with E-state index < -0.39 is 0 Å². The number of nitrogens with one attached hydrogen (secondary N) is 2. The summed E-state index contributed by atoms with van der Waals surface area (Å²) in [5, 5.41) is 3.44. The van der Waals surface area contributed by atoms with E-state index in [4.69, 9.17) is 0 Å². The monoisotopic (exact) mass is 328 g/mol. The second-order valence-corrected chi connectivity index (χ2v) is 6.90. The largest absolute Gasteiger partial charge is 0.324 e. The van der Waals surface area contributed by atoms with Crippen molar-refractivity contribution in [2.24, 2.45) is 9.98 Å². The Bertz CT molecular complexity index is 643. The number of nitrogens with zero attached hydrogens (tertiary/aromatic N) is 2. The minimum atomic E-state index is 0.788. The lowest BCUT2D eigenvalue weighted by molar-refractivity contribution is 0.731. The molecule has 0 spiro atoms. The minimum absolute atomic E-state index is 0.788. The number of hydrogen-bond donors (Lipinski definition) is 2. The lowest BCUT2D eigenvalue weighted by Crippen LogP contribution is -2.36. The molecule has 2 aliphatic rings. The number of aliphatic imine (C=N–C) groups is 2. The van der Waals surface area contributed by atoms with E-state index in [2.05, 4.69) is 58.1 Å². The van der Waals surface area contributed by atoms with Gasteiger partial charge in [-0.3, -0.25) is 9.71 Å². The van der Waals surface area contributed by atoms with Crippen LogP contribution in [0, 0.1) is 0 Å². The number of amidine groups is 1. The van der Waals surface area contributed by atoms with Gasteiger partial charge in [-0.2, -0.15) is 4.99 Å². The molecule has 0 aromatic heterocycles. The fraction of sp³-hybridized carbons (Fsp3) is 0.444. The molecule has 2 N–H and O–H groups in total. The molecular formula is C18H24N4S. The SMILES string of the molecule is CCc1ccc(C2=C(C)SNC(=NC3=NCCCCC3)N2)cc1. The highest BCUT2D eigenvalue weighted by Crippen LogP contribution is 2.26. The Balaban J connectivity index is 1.79. The van der Waals surface area contributed by atoms with Gasteiger partial charge in [-0.15, -0.1) is 0 Å². The van der Waals surface area contributed by atoms with Gasteiger partial charge < -0.3 is 5.32 Å². The van der Waals surface area contributed by atoms with Crippen molar-refractivity contribution in [3.05, 3.63) is 40.3 Å². The molecule has 0 unspecified atom stereocenters. The van der Waals surface area contributed by atoms with Crippen molar-refractivity contribution in [1.82, 2.24) is 10.0 Å². The first-order valence-corrected chi connectivity index (χ1v) is 9.20. The van der Waals surface area contributed by atoms with Crippen LogP contribution in [0.1, 0.15) is 50.7 Å². The summed E-state index contributed by atoms with van der Waals surface area (Å²) in [6.45, 7) is 5.20. The van der Waals surface area contributed by atoms with Crippen molar-refractivity contribution in [2.75, 3.05) is 6.54 Å². The maximum atomic E-state index is 4.69. The standard InChI is InChI=1S/C18H24N4S/c1-3-14-8-10-15(11-9-14)17-13(2)23-22-18(21-17)20-16-7-5-4-6-12-19-16/h8-11H,3-7,12H2,1-2H3,(H2,19,20,21,22). The molecule has 2 heterocycles. The van der Waals surface area contributed by atoms with Gasteiger partial charge in [0.15, 0.2) is 0 Å². The molecule has 0 bridgehead atoms. The summed E-state index contributed by atoms with van der Waals surface area (Å²) < 4.78 is 3.28. The summed E-state index contributed by atoms with van der Waals surface area (Å²) in [6, 6.07) is 8.74. The third-order valence-corrected chi connectivity index (χ3v) is 4.95. The van der Waals surface area contributed by atoms with Gasteiger partial charge in [0.05, 0.1) is 5.70 Å². The van der Waals surface area contributed by atoms with Crippen LogP contribution in [-0.4, -0.2) is 18.3 Å². The van der Waals surface area contributed by atoms with Gasteiger partial charge in [0, 0.05) is 17.9 Å². The van der Waals surface area contributed by atoms with Crippen LogP contribution in [0.2, 0.25) is 0 Å². The second kappa shape index (κ2) is 7.68. The third-order valence-electron chi connectivity index (χ3n) is 4.14. The number of rotatable bonds is 2. The predicted molar refractivity (Wildman–Crippen MR) is 100 cm³/mol. The van der Waals surface area contributed by atoms with Crippen LogP contribution in [0.25, 0.3) is 5.70 Å². The van der Waals surface area contributed by atoms with Crippen LogP contribution in [0.3, 0.4) is 0 Å². The highest BCUT2D eigenvalue weighted by Gasteiger charge is 2.16. The first-order chi connectivity index (χ1) is 11.3. The molecule has 0 aliphatic carbocycles. The Hall–Kier alpha value is -1.75. The van der Waals surface area contributed by atoms with Gasteiger partial charge in [-0.05, 0) is 49.3 Å². The van der Waals surface area contributed by atoms with E-state index >= 15 is 0 Å². The fourth-order valence-electron chi connectivity index (χ4n) is 2.72. The van der Waals surface area contributed by atoms with E-state index in [-0.39, 0.29) is 0 Å². The van der Waals surface area contributed by atoms with Crippen LogP contribution < -0.4 is 10.0 Å². The van der Waals surface area contributed by atoms with Gasteiger partial charge in [0.25, 0.3) is 0 Å². The van der Waals surface area contributed by atoms with Crippen molar-refractivity contribution >= 4 is 29.4 Å². The maximum Gasteiger partial charge on any atom is 0.212 e. The number of benzene rings is 1. The van der Waals surface area contributed by atoms with Crippen LogP contribution in [-0.2, 0) is 6.42 Å². The van der Waals surface area contributed by atoms with Gasteiger partial charge >= 0.3 is 0 Å². The van der Waals surface area contributed by atoms with Crippen LogP contribution in [0.5, 0.6) is 0 Å². The van der Waals surface area contributed by atoms with E-state index in [1.807, 2.05) is 0 Å². The van der Waals surface area contributed by atoms with Crippen molar-refractivity contribution in [1.29, 1.82) is 0 Å². The Kier molecular flexibility index (Phi) is 5.39. The van der Waals surface area contributed by atoms with Crippen LogP contribution in [0.15, 0.2) is 39.2 Å². The summed E-state index contributed by atoms with van der Waals surface area (Å²) in [4.78, 5) is 10.5. The van der Waals surface area contributed by atoms with E-state index in [9.17, 15) is 0 Å². The third kappa shape index (κ3) is 4.16. The second-order valence-electron chi connectivity index (χ2n) is 5.88. The van der Waals surface area contributed by atoms with E-state index in [1.165, 1.54) is 35.3 Å². The van der Waals surface area contributed by atoms with Crippen molar-refractivity contribution in [3.8, 4) is 0 Å². The van der Waals surface area contributed by atoms with E-state index in [0.717, 1.165) is 36.9 Å². The lowest BCUT2D eigenvalue weighted by Gasteiger charge is -2.22. The first-order valence-electron chi connectivity index (χ1n) is 8.38. The Morgan fingerprint density at radius 1 is 1.17 bits per heavy atom. The number of aryl methyl sites for hydroxylation is 1. The molecule has 1 aromatic rings. The quantitative estimate of drug-likeness (QED) is 0.803. The molecule has 122 valence electrons. The molecule has 2 aliphatic heterocycles. The molecule has 4 nitrogen and oxygen atoms in total. The molecule has 5 heteroatoms. The molecular weight excluding hydrogens is 304 g/mol. The topological polar surface area (TPSA) is 48.8 Å². The van der Waals surface area contributed by atoms with E-state index in [0.29, 0.717) is 0 Å². The van der Waals surface area contributed by atoms with Gasteiger partial charge in [0.1, 0.15) is 5.84 Å². The first kappa shape index (κ1) is 16.1. The molecule has 0 radical (unpaired) electrons. The summed E-state index contributed by atoms with van der Waals surface area (Å²) in [5.41, 5.74) is 3.68. The molecule has 0 amide bonds. The lowest BCUT2D eigenvalue weighted by atomic mass is 10.1. The van der Waals surface area contributed by atoms with Crippen molar-refractivity contribution < 1.29 is 0 Å². The Morgan fingerprint density at radius 2 is 2.00 bits per heavy atom. The molecule has 0 saturated heterocycles. The molecule has 0 saturated carbocycles. The summed E-state index contributed by atoms with van der Waals surface area (Å²) in [5.74, 6) is 1.74. The number of hydrogen-bond acceptors (Lipinski definition) is 3. The van der Waals surface area contributed by atoms with Gasteiger partial charge in [-0.1, -0.05) is 37.6 Å². The fourth-order valence-corrected chi connectivity index (χ4v) is 3.34. The molecule has 3 rings (SSSR count). The zero-order valence-electron chi connectivity index (χ0n) is 13.9. The van der Waals surface area contributed by atoms with Crippen LogP contribution >= 0.6 is 11.9 Å². The predicted octanol–water partition coefficient (Wildman–Crippen LogP) is 4.11. The zero-order chi connectivity index (χ0) is 16.1. The Labute approximate surface area is 142 Å². The highest BCUT2D eigenvalue weighted by atomic mass is 32.2. The zero-order valence-corrected chi connectivity index (χ0v) is 14.7. The smallest absolute Gasteiger partial charge is 0.212 e. The molecule has 0 atom stereocenters. The number of guanidine groups is 1. The maximum absolute atomic E-state index is 4.69.